The van der Waals surface area contributed by atoms with Gasteiger partial charge in [0.15, 0.2) is 0 Å². The monoisotopic (exact) mass is 137 g/mol. The molecule has 2 nitrogen and oxygen atoms in total. The predicted molar refractivity (Wildman–Crippen MR) is 41.2 cm³/mol. The average molecular weight is 137 g/mol. The van der Waals surface area contributed by atoms with E-state index in [-0.39, 0.29) is 0 Å². The molecule has 0 radical (unpaired) electrons. The van der Waals surface area contributed by atoms with Crippen LogP contribution in [0, 0.1) is 0 Å². The maximum absolute atomic E-state index is 9.26. The Hall–Kier alpha value is -1.02. The first-order valence-electron chi connectivity index (χ1n) is 3.20. The van der Waals surface area contributed by atoms with Gasteiger partial charge in [0, 0.05) is 5.70 Å². The molecule has 0 bridgehead atoms. The Morgan fingerprint density at radius 3 is 3.00 bits per heavy atom. The Balaban J connectivity index is 2.88. The van der Waals surface area contributed by atoms with Crippen LogP contribution in [0.4, 0.5) is 0 Å². The van der Waals surface area contributed by atoms with Crippen LogP contribution in [0.3, 0.4) is 0 Å². The Labute approximate surface area is 60.4 Å². The van der Waals surface area contributed by atoms with Crippen LogP contribution >= 0.6 is 0 Å². The number of aliphatic hydroxyl groups is 1. The minimum atomic E-state index is -0.519. The van der Waals surface area contributed by atoms with E-state index in [2.05, 4.69) is 0 Å². The lowest BCUT2D eigenvalue weighted by Gasteiger charge is -2.02. The lowest BCUT2D eigenvalue weighted by molar-refractivity contribution is 0.258. The van der Waals surface area contributed by atoms with Gasteiger partial charge in [0.05, 0.1) is 6.10 Å². The Bertz CT molecular complexity index is 213. The third-order valence-corrected chi connectivity index (χ3v) is 1.46. The van der Waals surface area contributed by atoms with Crippen LogP contribution in [0.1, 0.15) is 6.92 Å². The van der Waals surface area contributed by atoms with Gasteiger partial charge in [-0.2, -0.15) is 0 Å². The molecular formula is C8H11NO. The molecule has 1 aliphatic carbocycles. The fourth-order valence-electron chi connectivity index (χ4n) is 0.779. The van der Waals surface area contributed by atoms with Crippen LogP contribution in [-0.2, 0) is 0 Å². The molecule has 0 spiro atoms. The molecule has 1 unspecified atom stereocenters. The smallest absolute Gasteiger partial charge is 0.0954 e. The topological polar surface area (TPSA) is 46.2 Å². The number of nitrogens with two attached hydrogens (primary N) is 1. The molecule has 0 amide bonds. The largest absolute Gasteiger partial charge is 0.399 e. The van der Waals surface area contributed by atoms with Crippen molar-refractivity contribution in [1.29, 1.82) is 0 Å². The van der Waals surface area contributed by atoms with Crippen molar-refractivity contribution in [3.05, 3.63) is 35.6 Å². The normalized spacial score (nSPS) is 25.2. The second kappa shape index (κ2) is 2.71. The van der Waals surface area contributed by atoms with E-state index in [9.17, 15) is 5.11 Å². The maximum atomic E-state index is 9.26. The number of allylic oxidation sites excluding steroid dienone is 3. The summed E-state index contributed by atoms with van der Waals surface area (Å²) in [5.41, 5.74) is 6.99. The summed E-state index contributed by atoms with van der Waals surface area (Å²) in [6, 6.07) is 0. The van der Waals surface area contributed by atoms with E-state index in [1.807, 2.05) is 19.1 Å². The molecule has 0 aromatic carbocycles. The summed E-state index contributed by atoms with van der Waals surface area (Å²) in [7, 11) is 0. The summed E-state index contributed by atoms with van der Waals surface area (Å²) in [6.07, 6.45) is 6.54. The standard InChI is InChI=1S/C8H11NO/c1-6-3-2-4-7(9)5-8(6)10/h2-5,8,10H,9H2,1H3. The molecule has 0 aliphatic heterocycles. The van der Waals surface area contributed by atoms with Gasteiger partial charge in [-0.15, -0.1) is 0 Å². The number of hydrogen-bond acceptors (Lipinski definition) is 2. The van der Waals surface area contributed by atoms with E-state index in [0.717, 1.165) is 5.57 Å². The highest BCUT2D eigenvalue weighted by atomic mass is 16.3. The summed E-state index contributed by atoms with van der Waals surface area (Å²) in [5, 5.41) is 9.26. The second-order valence-electron chi connectivity index (χ2n) is 2.38. The number of rotatable bonds is 0. The molecule has 0 aromatic rings. The van der Waals surface area contributed by atoms with Gasteiger partial charge in [0.2, 0.25) is 0 Å². The van der Waals surface area contributed by atoms with Gasteiger partial charge in [-0.3, -0.25) is 0 Å². The summed E-state index contributed by atoms with van der Waals surface area (Å²) in [4.78, 5) is 0. The molecule has 0 saturated carbocycles. The van der Waals surface area contributed by atoms with Crippen LogP contribution in [0.2, 0.25) is 0 Å². The molecule has 2 heteroatoms. The van der Waals surface area contributed by atoms with Crippen molar-refractivity contribution < 1.29 is 5.11 Å². The minimum absolute atomic E-state index is 0.519. The van der Waals surface area contributed by atoms with Crippen LogP contribution in [0.25, 0.3) is 0 Å². The van der Waals surface area contributed by atoms with E-state index in [1.165, 1.54) is 0 Å². The van der Waals surface area contributed by atoms with Crippen molar-refractivity contribution in [3.63, 3.8) is 0 Å². The van der Waals surface area contributed by atoms with E-state index < -0.39 is 6.10 Å². The summed E-state index contributed by atoms with van der Waals surface area (Å²) >= 11 is 0. The van der Waals surface area contributed by atoms with Crippen LogP contribution < -0.4 is 5.73 Å². The van der Waals surface area contributed by atoms with Crippen LogP contribution in [0.5, 0.6) is 0 Å². The summed E-state index contributed by atoms with van der Waals surface area (Å²) in [5.74, 6) is 0. The summed E-state index contributed by atoms with van der Waals surface area (Å²) in [6.45, 7) is 1.87. The van der Waals surface area contributed by atoms with Gasteiger partial charge in [-0.25, -0.2) is 0 Å². The summed E-state index contributed by atoms with van der Waals surface area (Å²) < 4.78 is 0. The molecule has 54 valence electrons. The number of aliphatic hydroxyl groups excluding tert-OH is 1. The molecule has 0 saturated heterocycles. The van der Waals surface area contributed by atoms with Crippen molar-refractivity contribution in [2.45, 2.75) is 13.0 Å². The van der Waals surface area contributed by atoms with Crippen molar-refractivity contribution >= 4 is 0 Å². The van der Waals surface area contributed by atoms with Gasteiger partial charge < -0.3 is 10.8 Å². The van der Waals surface area contributed by atoms with Gasteiger partial charge in [0.1, 0.15) is 0 Å². The predicted octanol–water partition coefficient (Wildman–Crippen LogP) is 0.706. The molecule has 1 rings (SSSR count). The Kier molecular flexibility index (Phi) is 1.92. The molecule has 0 aromatic heterocycles. The fourth-order valence-corrected chi connectivity index (χ4v) is 0.779. The molecule has 3 N–H and O–H groups in total. The highest BCUT2D eigenvalue weighted by Gasteiger charge is 2.03. The zero-order valence-corrected chi connectivity index (χ0v) is 5.91. The van der Waals surface area contributed by atoms with Crippen molar-refractivity contribution in [2.75, 3.05) is 0 Å². The Morgan fingerprint density at radius 2 is 2.30 bits per heavy atom. The van der Waals surface area contributed by atoms with Crippen molar-refractivity contribution in [3.8, 4) is 0 Å². The second-order valence-corrected chi connectivity index (χ2v) is 2.38. The minimum Gasteiger partial charge on any atom is -0.399 e. The SMILES string of the molecule is CC1=CC=CC(N)=CC1O. The van der Waals surface area contributed by atoms with Gasteiger partial charge in [-0.05, 0) is 24.6 Å². The lowest BCUT2D eigenvalue weighted by atomic mass is 10.1. The lowest BCUT2D eigenvalue weighted by Crippen LogP contribution is -2.06. The van der Waals surface area contributed by atoms with Crippen molar-refractivity contribution in [1.82, 2.24) is 0 Å². The first-order valence-corrected chi connectivity index (χ1v) is 3.20. The average Bonchev–Trinajstić information content (AvgIpc) is 1.96. The van der Waals surface area contributed by atoms with Gasteiger partial charge in [-0.1, -0.05) is 12.2 Å². The van der Waals surface area contributed by atoms with E-state index in [1.54, 1.807) is 12.2 Å². The number of hydrogen-bond donors (Lipinski definition) is 2. The first kappa shape index (κ1) is 7.09. The molecule has 0 heterocycles. The molecule has 10 heavy (non-hydrogen) atoms. The third kappa shape index (κ3) is 1.48. The molecule has 0 fully saturated rings. The molecule has 1 atom stereocenters. The van der Waals surface area contributed by atoms with Gasteiger partial charge >= 0.3 is 0 Å². The molecule has 1 aliphatic rings. The van der Waals surface area contributed by atoms with E-state index in [0.29, 0.717) is 5.70 Å². The van der Waals surface area contributed by atoms with Crippen molar-refractivity contribution in [2.24, 2.45) is 5.73 Å². The van der Waals surface area contributed by atoms with Gasteiger partial charge in [0.25, 0.3) is 0 Å². The van der Waals surface area contributed by atoms with E-state index in [4.69, 9.17) is 5.73 Å². The van der Waals surface area contributed by atoms with Crippen LogP contribution in [0.15, 0.2) is 35.6 Å². The van der Waals surface area contributed by atoms with Crippen LogP contribution in [-0.4, -0.2) is 11.2 Å². The fraction of sp³-hybridized carbons (Fsp3) is 0.250. The highest BCUT2D eigenvalue weighted by molar-refractivity contribution is 5.30. The maximum Gasteiger partial charge on any atom is 0.0954 e. The zero-order chi connectivity index (χ0) is 7.56. The first-order chi connectivity index (χ1) is 4.70. The molecular weight excluding hydrogens is 126 g/mol. The third-order valence-electron chi connectivity index (χ3n) is 1.46. The quantitative estimate of drug-likeness (QED) is 0.516. The zero-order valence-electron chi connectivity index (χ0n) is 5.91. The van der Waals surface area contributed by atoms with E-state index >= 15 is 0 Å². The highest BCUT2D eigenvalue weighted by Crippen LogP contribution is 2.08. The Morgan fingerprint density at radius 1 is 1.60 bits per heavy atom.